The highest BCUT2D eigenvalue weighted by Gasteiger charge is 2.31. The molecular formula is C14H24N4O2. The molecule has 1 aromatic heterocycles. The second kappa shape index (κ2) is 6.20. The van der Waals surface area contributed by atoms with E-state index >= 15 is 0 Å². The second-order valence-corrected chi connectivity index (χ2v) is 5.95. The Morgan fingerprint density at radius 2 is 2.15 bits per heavy atom. The minimum atomic E-state index is 0.378. The zero-order valence-electron chi connectivity index (χ0n) is 12.4. The van der Waals surface area contributed by atoms with Gasteiger partial charge in [0.2, 0.25) is 0 Å². The highest BCUT2D eigenvalue weighted by Crippen LogP contribution is 2.28. The van der Waals surface area contributed by atoms with Crippen LogP contribution in [0.2, 0.25) is 0 Å². The molecule has 0 bridgehead atoms. The van der Waals surface area contributed by atoms with Crippen molar-refractivity contribution in [2.24, 2.45) is 13.0 Å². The van der Waals surface area contributed by atoms with E-state index in [-0.39, 0.29) is 0 Å². The maximum Gasteiger partial charge on any atom is 0.100 e. The molecule has 0 radical (unpaired) electrons. The molecule has 2 aliphatic rings. The summed E-state index contributed by atoms with van der Waals surface area (Å²) in [7, 11) is 3.74. The van der Waals surface area contributed by atoms with Gasteiger partial charge >= 0.3 is 0 Å². The molecule has 1 atom stereocenters. The van der Waals surface area contributed by atoms with Crippen LogP contribution in [0.4, 0.5) is 0 Å². The Balaban J connectivity index is 1.69. The molecule has 0 saturated carbocycles. The average molecular weight is 280 g/mol. The smallest absolute Gasteiger partial charge is 0.100 e. The first-order valence-electron chi connectivity index (χ1n) is 7.45. The van der Waals surface area contributed by atoms with Crippen molar-refractivity contribution in [2.45, 2.75) is 25.3 Å². The van der Waals surface area contributed by atoms with Gasteiger partial charge in [0.15, 0.2) is 0 Å². The first-order chi connectivity index (χ1) is 9.78. The summed E-state index contributed by atoms with van der Waals surface area (Å²) >= 11 is 0. The number of aryl methyl sites for hydroxylation is 1. The minimum absolute atomic E-state index is 0.378. The van der Waals surface area contributed by atoms with Gasteiger partial charge in [0.1, 0.15) is 5.69 Å². The Bertz CT molecular complexity index is 442. The highest BCUT2D eigenvalue weighted by molar-refractivity contribution is 5.19. The molecule has 3 heterocycles. The SMILES string of the molecule is COC[C@H]1CN(CC2CCOCC2)Cc2nnn(C)c21. The van der Waals surface area contributed by atoms with Crippen LogP contribution in [0.25, 0.3) is 0 Å². The number of rotatable bonds is 4. The van der Waals surface area contributed by atoms with Crippen molar-refractivity contribution < 1.29 is 9.47 Å². The molecule has 0 spiro atoms. The molecule has 0 aromatic carbocycles. The van der Waals surface area contributed by atoms with Crippen LogP contribution in [0, 0.1) is 5.92 Å². The van der Waals surface area contributed by atoms with E-state index in [1.54, 1.807) is 7.11 Å². The van der Waals surface area contributed by atoms with E-state index in [0.717, 1.165) is 51.1 Å². The van der Waals surface area contributed by atoms with Gasteiger partial charge in [0, 0.05) is 52.9 Å². The van der Waals surface area contributed by atoms with E-state index in [9.17, 15) is 0 Å². The van der Waals surface area contributed by atoms with Crippen LogP contribution in [0.15, 0.2) is 0 Å². The number of methoxy groups -OCH3 is 1. The van der Waals surface area contributed by atoms with Crippen molar-refractivity contribution in [1.82, 2.24) is 19.9 Å². The fourth-order valence-electron chi connectivity index (χ4n) is 3.46. The molecule has 1 fully saturated rings. The zero-order chi connectivity index (χ0) is 13.9. The Labute approximate surface area is 120 Å². The van der Waals surface area contributed by atoms with Crippen molar-refractivity contribution >= 4 is 0 Å². The second-order valence-electron chi connectivity index (χ2n) is 5.95. The topological polar surface area (TPSA) is 52.4 Å². The summed E-state index contributed by atoms with van der Waals surface area (Å²) in [5.74, 6) is 1.13. The Morgan fingerprint density at radius 1 is 1.35 bits per heavy atom. The summed E-state index contributed by atoms with van der Waals surface area (Å²) in [6, 6.07) is 0. The average Bonchev–Trinajstić information content (AvgIpc) is 2.82. The number of hydrogen-bond donors (Lipinski definition) is 0. The van der Waals surface area contributed by atoms with E-state index in [2.05, 4.69) is 15.2 Å². The van der Waals surface area contributed by atoms with Crippen LogP contribution in [-0.4, -0.2) is 59.9 Å². The molecule has 1 saturated heterocycles. The molecule has 112 valence electrons. The van der Waals surface area contributed by atoms with Gasteiger partial charge in [-0.1, -0.05) is 5.21 Å². The first-order valence-corrected chi connectivity index (χ1v) is 7.45. The van der Waals surface area contributed by atoms with Crippen LogP contribution in [0.1, 0.15) is 30.1 Å². The zero-order valence-corrected chi connectivity index (χ0v) is 12.4. The lowest BCUT2D eigenvalue weighted by Crippen LogP contribution is -2.40. The normalized spacial score (nSPS) is 24.8. The van der Waals surface area contributed by atoms with E-state index in [1.165, 1.54) is 18.5 Å². The van der Waals surface area contributed by atoms with Gasteiger partial charge < -0.3 is 9.47 Å². The maximum absolute atomic E-state index is 5.44. The molecule has 0 unspecified atom stereocenters. The van der Waals surface area contributed by atoms with Gasteiger partial charge in [0.25, 0.3) is 0 Å². The van der Waals surface area contributed by atoms with E-state index in [0.29, 0.717) is 5.92 Å². The summed E-state index contributed by atoms with van der Waals surface area (Å²) < 4.78 is 12.7. The summed E-state index contributed by atoms with van der Waals surface area (Å²) in [5.41, 5.74) is 2.36. The van der Waals surface area contributed by atoms with Crippen LogP contribution >= 0.6 is 0 Å². The third-order valence-electron chi connectivity index (χ3n) is 4.41. The van der Waals surface area contributed by atoms with Crippen molar-refractivity contribution in [3.05, 3.63) is 11.4 Å². The largest absolute Gasteiger partial charge is 0.384 e. The molecule has 0 amide bonds. The molecule has 0 aliphatic carbocycles. The molecule has 1 aromatic rings. The molecule has 6 heteroatoms. The van der Waals surface area contributed by atoms with Crippen molar-refractivity contribution in [3.8, 4) is 0 Å². The number of hydrogen-bond acceptors (Lipinski definition) is 5. The lowest BCUT2D eigenvalue weighted by molar-refractivity contribution is 0.0456. The van der Waals surface area contributed by atoms with Gasteiger partial charge in [-0.25, -0.2) is 0 Å². The number of aromatic nitrogens is 3. The van der Waals surface area contributed by atoms with Gasteiger partial charge in [-0.2, -0.15) is 0 Å². The Hall–Kier alpha value is -0.980. The fourth-order valence-corrected chi connectivity index (χ4v) is 3.46. The fraction of sp³-hybridized carbons (Fsp3) is 0.857. The molecule has 3 rings (SSSR count). The van der Waals surface area contributed by atoms with Crippen molar-refractivity contribution in [2.75, 3.05) is 40.0 Å². The quantitative estimate of drug-likeness (QED) is 0.816. The Kier molecular flexibility index (Phi) is 4.33. The summed E-state index contributed by atoms with van der Waals surface area (Å²) in [4.78, 5) is 2.51. The van der Waals surface area contributed by atoms with E-state index in [1.807, 2.05) is 11.7 Å². The van der Waals surface area contributed by atoms with Crippen LogP contribution in [-0.2, 0) is 23.1 Å². The van der Waals surface area contributed by atoms with Gasteiger partial charge in [-0.05, 0) is 18.8 Å². The minimum Gasteiger partial charge on any atom is -0.384 e. The molecular weight excluding hydrogens is 256 g/mol. The summed E-state index contributed by atoms with van der Waals surface area (Å²) in [6.45, 7) is 5.66. The third kappa shape index (κ3) is 2.87. The van der Waals surface area contributed by atoms with E-state index in [4.69, 9.17) is 9.47 Å². The number of nitrogens with zero attached hydrogens (tertiary/aromatic N) is 4. The van der Waals surface area contributed by atoms with Gasteiger partial charge in [-0.15, -0.1) is 5.10 Å². The monoisotopic (exact) mass is 280 g/mol. The molecule has 0 N–H and O–H groups in total. The van der Waals surface area contributed by atoms with Crippen LogP contribution in [0.3, 0.4) is 0 Å². The maximum atomic E-state index is 5.44. The van der Waals surface area contributed by atoms with Crippen molar-refractivity contribution in [3.63, 3.8) is 0 Å². The van der Waals surface area contributed by atoms with E-state index < -0.39 is 0 Å². The molecule has 6 nitrogen and oxygen atoms in total. The first kappa shape index (κ1) is 14.0. The van der Waals surface area contributed by atoms with Crippen LogP contribution < -0.4 is 0 Å². The number of fused-ring (bicyclic) bond motifs is 1. The molecule has 2 aliphatic heterocycles. The van der Waals surface area contributed by atoms with Crippen LogP contribution in [0.5, 0.6) is 0 Å². The standard InChI is InChI=1S/C14H24N4O2/c1-17-14-12(10-19-2)8-18(9-13(14)15-16-17)7-11-3-5-20-6-4-11/h11-12H,3-10H2,1-2H3/t12-/m1/s1. The summed E-state index contributed by atoms with van der Waals surface area (Å²) in [5, 5.41) is 8.50. The Morgan fingerprint density at radius 3 is 2.90 bits per heavy atom. The van der Waals surface area contributed by atoms with Gasteiger partial charge in [0.05, 0.1) is 12.3 Å². The highest BCUT2D eigenvalue weighted by atomic mass is 16.5. The van der Waals surface area contributed by atoms with Crippen molar-refractivity contribution in [1.29, 1.82) is 0 Å². The lowest BCUT2D eigenvalue weighted by Gasteiger charge is -2.35. The molecule has 20 heavy (non-hydrogen) atoms. The predicted octanol–water partition coefficient (Wildman–Crippen LogP) is 0.787. The number of ether oxygens (including phenoxy) is 2. The predicted molar refractivity (Wildman–Crippen MR) is 74.4 cm³/mol. The lowest BCUT2D eigenvalue weighted by atomic mass is 9.95. The summed E-state index contributed by atoms with van der Waals surface area (Å²) in [6.07, 6.45) is 2.36. The van der Waals surface area contributed by atoms with Gasteiger partial charge in [-0.3, -0.25) is 9.58 Å². The third-order valence-corrected chi connectivity index (χ3v) is 4.41.